The molecule has 1 saturated carbocycles. The van der Waals surface area contributed by atoms with Gasteiger partial charge in [-0.1, -0.05) is 12.1 Å². The fourth-order valence-electron chi connectivity index (χ4n) is 3.23. The van der Waals surface area contributed by atoms with E-state index in [1.807, 2.05) is 0 Å². The summed E-state index contributed by atoms with van der Waals surface area (Å²) < 4.78 is 45.4. The van der Waals surface area contributed by atoms with Crippen molar-refractivity contribution in [3.8, 4) is 11.1 Å². The normalized spacial score (nSPS) is 14.6. The zero-order valence-corrected chi connectivity index (χ0v) is 19.5. The second kappa shape index (κ2) is 9.94. The summed E-state index contributed by atoms with van der Waals surface area (Å²) in [6.45, 7) is 0.386. The second-order valence-corrected chi connectivity index (χ2v) is 10.5. The maximum atomic E-state index is 13.4. The highest BCUT2D eigenvalue weighted by molar-refractivity contribution is 7.93. The number of carbonyl (C=O) groups is 1. The monoisotopic (exact) mass is 490 g/mol. The van der Waals surface area contributed by atoms with Gasteiger partial charge in [0.25, 0.3) is 5.91 Å². The Morgan fingerprint density at radius 3 is 2.67 bits per heavy atom. The highest BCUT2D eigenvalue weighted by Crippen LogP contribution is 2.31. The number of amides is 1. The molecule has 3 aromatic rings. The maximum Gasteiger partial charge on any atom is 0.251 e. The van der Waals surface area contributed by atoms with E-state index in [1.54, 1.807) is 43.0 Å². The summed E-state index contributed by atoms with van der Waals surface area (Å²) in [4.78, 5) is 21.1. The summed E-state index contributed by atoms with van der Waals surface area (Å²) in [7, 11) is -1.84. The topological polar surface area (TPSA) is 110 Å². The van der Waals surface area contributed by atoms with Crippen LogP contribution < -0.4 is 10.0 Å². The van der Waals surface area contributed by atoms with E-state index in [-0.39, 0.29) is 16.3 Å². The fourth-order valence-corrected chi connectivity index (χ4v) is 5.59. The lowest BCUT2D eigenvalue weighted by molar-refractivity contribution is 0.0923. The number of carbonyl (C=O) groups excluding carboxylic acids is 1. The number of nitrogens with one attached hydrogen (secondary N) is 2. The molecule has 0 bridgehead atoms. The zero-order valence-electron chi connectivity index (χ0n) is 17.8. The lowest BCUT2D eigenvalue weighted by Gasteiger charge is -2.17. The molecule has 11 heteroatoms. The molecule has 1 aromatic carbocycles. The molecule has 2 N–H and O–H groups in total. The maximum absolute atomic E-state index is 13.4. The van der Waals surface area contributed by atoms with E-state index in [0.29, 0.717) is 42.7 Å². The predicted molar refractivity (Wildman–Crippen MR) is 124 cm³/mol. The third kappa shape index (κ3) is 5.92. The van der Waals surface area contributed by atoms with Gasteiger partial charge in [-0.2, -0.15) is 0 Å². The number of thiazole rings is 1. The van der Waals surface area contributed by atoms with E-state index < -0.39 is 21.9 Å². The van der Waals surface area contributed by atoms with E-state index in [1.165, 1.54) is 17.4 Å². The second-order valence-electron chi connectivity index (χ2n) is 7.70. The van der Waals surface area contributed by atoms with Gasteiger partial charge in [-0.05, 0) is 43.0 Å². The van der Waals surface area contributed by atoms with Crippen LogP contribution in [-0.2, 0) is 14.8 Å². The Balaban J connectivity index is 1.46. The van der Waals surface area contributed by atoms with Crippen LogP contribution in [0.2, 0.25) is 0 Å². The first kappa shape index (κ1) is 23.3. The first-order chi connectivity index (χ1) is 15.9. The quantitative estimate of drug-likeness (QED) is 0.448. The number of methoxy groups -OCH3 is 1. The standard InChI is InChI=1S/C22H23FN4O4S2/c1-31-9-8-19(20-13-32-22(26-20)27-33(29,30)18-6-7-18)25-21(28)15-4-2-14(3-5-15)16-10-17(23)12-24-11-16/h2-5,10-13,18-19H,6-9H2,1H3,(H,25,28)(H,26,27). The summed E-state index contributed by atoms with van der Waals surface area (Å²) in [5.74, 6) is -0.745. The van der Waals surface area contributed by atoms with Crippen LogP contribution in [0, 0.1) is 5.82 Å². The van der Waals surface area contributed by atoms with Crippen LogP contribution in [-0.4, -0.2) is 43.3 Å². The SMILES string of the molecule is COCCC(NC(=O)c1ccc(-c2cncc(F)c2)cc1)c1csc(NS(=O)(=O)C2CC2)n1. The van der Waals surface area contributed by atoms with Crippen LogP contribution in [0.5, 0.6) is 0 Å². The van der Waals surface area contributed by atoms with E-state index in [9.17, 15) is 17.6 Å². The summed E-state index contributed by atoms with van der Waals surface area (Å²) >= 11 is 1.18. The number of sulfonamides is 1. The van der Waals surface area contributed by atoms with Gasteiger partial charge in [0.15, 0.2) is 5.13 Å². The van der Waals surface area contributed by atoms with Gasteiger partial charge in [0.05, 0.1) is 23.2 Å². The van der Waals surface area contributed by atoms with Crippen LogP contribution >= 0.6 is 11.3 Å². The van der Waals surface area contributed by atoms with Gasteiger partial charge in [0, 0.05) is 36.4 Å². The molecule has 1 amide bonds. The molecule has 1 aliphatic rings. The smallest absolute Gasteiger partial charge is 0.251 e. The summed E-state index contributed by atoms with van der Waals surface area (Å²) in [6.07, 6.45) is 4.47. The predicted octanol–water partition coefficient (Wildman–Crippen LogP) is 3.76. The van der Waals surface area contributed by atoms with Crippen molar-refractivity contribution >= 4 is 32.4 Å². The summed E-state index contributed by atoms with van der Waals surface area (Å²) in [5.41, 5.74) is 2.34. The number of aromatic nitrogens is 2. The number of anilines is 1. The van der Waals surface area contributed by atoms with Crippen molar-refractivity contribution in [2.45, 2.75) is 30.6 Å². The molecular weight excluding hydrogens is 467 g/mol. The van der Waals surface area contributed by atoms with Crippen molar-refractivity contribution in [1.82, 2.24) is 15.3 Å². The molecule has 4 rings (SSSR count). The highest BCUT2D eigenvalue weighted by Gasteiger charge is 2.36. The third-order valence-corrected chi connectivity index (χ3v) is 7.91. The molecule has 2 aromatic heterocycles. The first-order valence-corrected chi connectivity index (χ1v) is 12.8. The lowest BCUT2D eigenvalue weighted by atomic mass is 10.0. The molecule has 0 radical (unpaired) electrons. The molecule has 1 unspecified atom stereocenters. The van der Waals surface area contributed by atoms with Gasteiger partial charge in [-0.15, -0.1) is 11.3 Å². The minimum atomic E-state index is -3.41. The van der Waals surface area contributed by atoms with Crippen LogP contribution in [0.25, 0.3) is 11.1 Å². The Kier molecular flexibility index (Phi) is 7.01. The van der Waals surface area contributed by atoms with Crippen molar-refractivity contribution in [3.63, 3.8) is 0 Å². The Hall–Kier alpha value is -2.89. The molecular formula is C22H23FN4O4S2. The molecule has 2 heterocycles. The van der Waals surface area contributed by atoms with Crippen molar-refractivity contribution in [2.75, 3.05) is 18.4 Å². The average Bonchev–Trinajstić information content (AvgIpc) is 3.58. The minimum absolute atomic E-state index is 0.279. The minimum Gasteiger partial charge on any atom is -0.385 e. The molecule has 1 fully saturated rings. The Labute approximate surface area is 195 Å². The van der Waals surface area contributed by atoms with E-state index >= 15 is 0 Å². The van der Waals surface area contributed by atoms with Gasteiger partial charge in [0.1, 0.15) is 5.82 Å². The van der Waals surface area contributed by atoms with Gasteiger partial charge >= 0.3 is 0 Å². The average molecular weight is 491 g/mol. The van der Waals surface area contributed by atoms with Crippen molar-refractivity contribution in [2.24, 2.45) is 0 Å². The van der Waals surface area contributed by atoms with Gasteiger partial charge < -0.3 is 10.1 Å². The van der Waals surface area contributed by atoms with E-state index in [2.05, 4.69) is 20.0 Å². The van der Waals surface area contributed by atoms with Crippen molar-refractivity contribution < 1.29 is 22.3 Å². The van der Waals surface area contributed by atoms with E-state index in [0.717, 1.165) is 11.8 Å². The lowest BCUT2D eigenvalue weighted by Crippen LogP contribution is -2.29. The molecule has 0 spiro atoms. The summed E-state index contributed by atoms with van der Waals surface area (Å²) in [6, 6.07) is 7.67. The molecule has 33 heavy (non-hydrogen) atoms. The Morgan fingerprint density at radius 1 is 1.24 bits per heavy atom. The number of benzene rings is 1. The molecule has 174 valence electrons. The molecule has 1 atom stereocenters. The van der Waals surface area contributed by atoms with E-state index in [4.69, 9.17) is 4.74 Å². The Bertz CT molecular complexity index is 1230. The number of rotatable bonds is 10. The largest absolute Gasteiger partial charge is 0.385 e. The van der Waals surface area contributed by atoms with Crippen LogP contribution in [0.4, 0.5) is 9.52 Å². The Morgan fingerprint density at radius 2 is 2.00 bits per heavy atom. The highest BCUT2D eigenvalue weighted by atomic mass is 32.2. The molecule has 0 aliphatic heterocycles. The number of pyridine rings is 1. The van der Waals surface area contributed by atoms with Gasteiger partial charge in [-0.25, -0.2) is 17.8 Å². The third-order valence-electron chi connectivity index (χ3n) is 5.17. The van der Waals surface area contributed by atoms with Crippen LogP contribution in [0.15, 0.2) is 48.1 Å². The molecule has 8 nitrogen and oxygen atoms in total. The number of ether oxygens (including phenoxy) is 1. The zero-order chi connectivity index (χ0) is 23.4. The van der Waals surface area contributed by atoms with Gasteiger partial charge in [-0.3, -0.25) is 14.5 Å². The van der Waals surface area contributed by atoms with Crippen LogP contribution in [0.3, 0.4) is 0 Å². The first-order valence-electron chi connectivity index (χ1n) is 10.3. The number of nitrogens with zero attached hydrogens (tertiary/aromatic N) is 2. The van der Waals surface area contributed by atoms with Crippen molar-refractivity contribution in [3.05, 3.63) is 65.2 Å². The fraction of sp³-hybridized carbons (Fsp3) is 0.318. The summed E-state index contributed by atoms with van der Waals surface area (Å²) in [5, 5.41) is 4.60. The number of hydrogen-bond donors (Lipinski definition) is 2. The molecule has 0 saturated heterocycles. The molecule has 1 aliphatic carbocycles. The van der Waals surface area contributed by atoms with Crippen LogP contribution in [0.1, 0.15) is 41.4 Å². The number of hydrogen-bond acceptors (Lipinski definition) is 7. The number of halogens is 1. The van der Waals surface area contributed by atoms with Crippen molar-refractivity contribution in [1.29, 1.82) is 0 Å². The van der Waals surface area contributed by atoms with Gasteiger partial charge in [0.2, 0.25) is 10.0 Å².